The minimum Gasteiger partial charge on any atom is -0.373 e. The van der Waals surface area contributed by atoms with E-state index in [0.717, 1.165) is 0 Å². The van der Waals surface area contributed by atoms with Crippen LogP contribution >= 0.6 is 0 Å². The summed E-state index contributed by atoms with van der Waals surface area (Å²) in [5, 5.41) is 2.92. The van der Waals surface area contributed by atoms with Crippen LogP contribution in [0.3, 0.4) is 0 Å². The average molecular weight is 290 g/mol. The number of hydrogen-bond acceptors (Lipinski definition) is 4. The maximum absolute atomic E-state index is 12.7. The molecule has 1 N–H and O–H groups in total. The molecule has 1 atom stereocenters. The summed E-state index contributed by atoms with van der Waals surface area (Å²) in [5.41, 5.74) is 0.553. The van der Waals surface area contributed by atoms with E-state index in [1.807, 2.05) is 13.8 Å². The van der Waals surface area contributed by atoms with Gasteiger partial charge in [-0.1, -0.05) is 13.8 Å². The lowest BCUT2D eigenvalue weighted by molar-refractivity contribution is -0.140. The highest BCUT2D eigenvalue weighted by molar-refractivity contribution is 5.98. The average Bonchev–Trinajstić information content (AvgIpc) is 2.48. The van der Waals surface area contributed by atoms with Crippen LogP contribution in [0.2, 0.25) is 0 Å². The maximum atomic E-state index is 12.7. The first-order chi connectivity index (χ1) is 9.95. The molecule has 2 heterocycles. The van der Waals surface area contributed by atoms with E-state index in [0.29, 0.717) is 24.5 Å². The zero-order valence-corrected chi connectivity index (χ0v) is 13.0. The van der Waals surface area contributed by atoms with Gasteiger partial charge in [-0.3, -0.25) is 9.59 Å². The predicted molar refractivity (Wildman–Crippen MR) is 81.1 cm³/mol. The van der Waals surface area contributed by atoms with Crippen molar-refractivity contribution in [1.29, 1.82) is 0 Å². The normalized spacial score (nSPS) is 19.1. The van der Waals surface area contributed by atoms with Crippen LogP contribution in [-0.2, 0) is 4.79 Å². The van der Waals surface area contributed by atoms with Crippen molar-refractivity contribution in [2.75, 3.05) is 32.5 Å². The number of rotatable bonds is 3. The third kappa shape index (κ3) is 2.99. The van der Waals surface area contributed by atoms with Crippen LogP contribution in [0, 0.1) is 5.92 Å². The van der Waals surface area contributed by atoms with E-state index in [-0.39, 0.29) is 17.7 Å². The third-order valence-corrected chi connectivity index (χ3v) is 3.80. The molecule has 1 aromatic rings. The SMILES string of the molecule is CNc1cc(C(=O)N2CCN(C)C(=O)C2C(C)C)ccn1. The number of amides is 2. The summed E-state index contributed by atoms with van der Waals surface area (Å²) >= 11 is 0. The molecular formula is C15H22N4O2. The van der Waals surface area contributed by atoms with Crippen molar-refractivity contribution < 1.29 is 9.59 Å². The van der Waals surface area contributed by atoms with E-state index in [2.05, 4.69) is 10.3 Å². The highest BCUT2D eigenvalue weighted by atomic mass is 16.2. The number of nitrogens with one attached hydrogen (secondary N) is 1. The molecule has 0 aliphatic carbocycles. The second-order valence-corrected chi connectivity index (χ2v) is 5.63. The Morgan fingerprint density at radius 1 is 1.43 bits per heavy atom. The molecule has 1 fully saturated rings. The van der Waals surface area contributed by atoms with Gasteiger partial charge in [-0.2, -0.15) is 0 Å². The Balaban J connectivity index is 2.29. The lowest BCUT2D eigenvalue weighted by Crippen LogP contribution is -2.59. The molecule has 2 rings (SSSR count). The van der Waals surface area contributed by atoms with E-state index in [1.54, 1.807) is 42.2 Å². The van der Waals surface area contributed by atoms with Crippen molar-refractivity contribution in [2.45, 2.75) is 19.9 Å². The number of anilines is 1. The standard InChI is InChI=1S/C15H22N4O2/c1-10(2)13-15(21)18(4)7-8-19(13)14(20)11-5-6-17-12(9-11)16-3/h5-6,9-10,13H,7-8H2,1-4H3,(H,16,17). The molecule has 1 aromatic heterocycles. The van der Waals surface area contributed by atoms with Crippen molar-refractivity contribution in [3.63, 3.8) is 0 Å². The Hall–Kier alpha value is -2.11. The summed E-state index contributed by atoms with van der Waals surface area (Å²) in [6.45, 7) is 5.06. The van der Waals surface area contributed by atoms with Crippen LogP contribution in [0.4, 0.5) is 5.82 Å². The smallest absolute Gasteiger partial charge is 0.254 e. The molecule has 114 valence electrons. The predicted octanol–water partition coefficient (Wildman–Crippen LogP) is 1.06. The van der Waals surface area contributed by atoms with E-state index in [4.69, 9.17) is 0 Å². The van der Waals surface area contributed by atoms with Crippen LogP contribution < -0.4 is 5.32 Å². The number of hydrogen-bond donors (Lipinski definition) is 1. The van der Waals surface area contributed by atoms with E-state index in [9.17, 15) is 9.59 Å². The maximum Gasteiger partial charge on any atom is 0.254 e. The van der Waals surface area contributed by atoms with E-state index >= 15 is 0 Å². The van der Waals surface area contributed by atoms with Gasteiger partial charge in [0.1, 0.15) is 11.9 Å². The Labute approximate surface area is 125 Å². The van der Waals surface area contributed by atoms with Crippen LogP contribution in [0.5, 0.6) is 0 Å². The lowest BCUT2D eigenvalue weighted by Gasteiger charge is -2.41. The van der Waals surface area contributed by atoms with Gasteiger partial charge in [-0.05, 0) is 18.1 Å². The third-order valence-electron chi connectivity index (χ3n) is 3.80. The largest absolute Gasteiger partial charge is 0.373 e. The zero-order valence-electron chi connectivity index (χ0n) is 13.0. The van der Waals surface area contributed by atoms with Crippen LogP contribution in [-0.4, -0.2) is 59.8 Å². The lowest BCUT2D eigenvalue weighted by atomic mass is 9.98. The van der Waals surface area contributed by atoms with Gasteiger partial charge in [0.25, 0.3) is 5.91 Å². The fourth-order valence-corrected chi connectivity index (χ4v) is 2.61. The summed E-state index contributed by atoms with van der Waals surface area (Å²) in [4.78, 5) is 32.6. The second-order valence-electron chi connectivity index (χ2n) is 5.63. The Kier molecular flexibility index (Phi) is 4.45. The van der Waals surface area contributed by atoms with Gasteiger partial charge in [0, 0.05) is 38.9 Å². The number of piperazine rings is 1. The van der Waals surface area contributed by atoms with E-state index in [1.165, 1.54) is 0 Å². The molecule has 0 bridgehead atoms. The van der Waals surface area contributed by atoms with Gasteiger partial charge in [-0.25, -0.2) is 4.98 Å². The van der Waals surface area contributed by atoms with Crippen molar-refractivity contribution in [3.8, 4) is 0 Å². The van der Waals surface area contributed by atoms with Crippen LogP contribution in [0.1, 0.15) is 24.2 Å². The topological polar surface area (TPSA) is 65.5 Å². The van der Waals surface area contributed by atoms with Crippen molar-refractivity contribution in [2.24, 2.45) is 5.92 Å². The van der Waals surface area contributed by atoms with Crippen molar-refractivity contribution in [1.82, 2.24) is 14.8 Å². The molecule has 0 aromatic carbocycles. The van der Waals surface area contributed by atoms with Gasteiger partial charge in [-0.15, -0.1) is 0 Å². The Bertz CT molecular complexity index is 544. The Morgan fingerprint density at radius 2 is 2.14 bits per heavy atom. The van der Waals surface area contributed by atoms with Gasteiger partial charge in [0.05, 0.1) is 0 Å². The molecule has 1 saturated heterocycles. The first-order valence-electron chi connectivity index (χ1n) is 7.15. The fraction of sp³-hybridized carbons (Fsp3) is 0.533. The van der Waals surface area contributed by atoms with Crippen LogP contribution in [0.25, 0.3) is 0 Å². The van der Waals surface area contributed by atoms with Gasteiger partial charge < -0.3 is 15.1 Å². The molecule has 0 saturated carbocycles. The molecule has 1 aliphatic heterocycles. The summed E-state index contributed by atoms with van der Waals surface area (Å²) in [5.74, 6) is 0.610. The zero-order chi connectivity index (χ0) is 15.6. The quantitative estimate of drug-likeness (QED) is 0.904. The molecule has 1 aliphatic rings. The molecule has 2 amide bonds. The molecule has 0 radical (unpaired) electrons. The number of nitrogens with zero attached hydrogens (tertiary/aromatic N) is 3. The minimum absolute atomic E-state index is 0.00694. The molecular weight excluding hydrogens is 268 g/mol. The van der Waals surface area contributed by atoms with Crippen LogP contribution in [0.15, 0.2) is 18.3 Å². The second kappa shape index (κ2) is 6.11. The number of aromatic nitrogens is 1. The highest BCUT2D eigenvalue weighted by Crippen LogP contribution is 2.21. The van der Waals surface area contributed by atoms with Gasteiger partial charge in [0.2, 0.25) is 5.91 Å². The fourth-order valence-electron chi connectivity index (χ4n) is 2.61. The number of pyridine rings is 1. The van der Waals surface area contributed by atoms with Crippen molar-refractivity contribution in [3.05, 3.63) is 23.9 Å². The molecule has 21 heavy (non-hydrogen) atoms. The molecule has 6 nitrogen and oxygen atoms in total. The summed E-state index contributed by atoms with van der Waals surface area (Å²) in [6.07, 6.45) is 1.60. The van der Waals surface area contributed by atoms with Gasteiger partial charge in [0.15, 0.2) is 0 Å². The first kappa shape index (κ1) is 15.3. The first-order valence-corrected chi connectivity index (χ1v) is 7.15. The minimum atomic E-state index is -0.401. The molecule has 6 heteroatoms. The summed E-state index contributed by atoms with van der Waals surface area (Å²) in [6, 6.07) is 2.99. The number of carbonyl (C=O) groups excluding carboxylic acids is 2. The van der Waals surface area contributed by atoms with E-state index < -0.39 is 6.04 Å². The summed E-state index contributed by atoms with van der Waals surface area (Å²) in [7, 11) is 3.54. The summed E-state index contributed by atoms with van der Waals surface area (Å²) < 4.78 is 0. The monoisotopic (exact) mass is 290 g/mol. The Morgan fingerprint density at radius 3 is 2.76 bits per heavy atom. The molecule has 0 spiro atoms. The highest BCUT2D eigenvalue weighted by Gasteiger charge is 2.38. The molecule has 1 unspecified atom stereocenters. The van der Waals surface area contributed by atoms with Crippen molar-refractivity contribution >= 4 is 17.6 Å². The number of carbonyl (C=O) groups is 2. The number of likely N-dealkylation sites (N-methyl/N-ethyl adjacent to an activating group) is 1. The van der Waals surface area contributed by atoms with Gasteiger partial charge >= 0.3 is 0 Å².